The molecule has 0 aliphatic rings. The highest BCUT2D eigenvalue weighted by Gasteiger charge is 2.06. The van der Waals surface area contributed by atoms with E-state index in [-0.39, 0.29) is 0 Å². The molecule has 1 rings (SSSR count). The van der Waals surface area contributed by atoms with Crippen molar-refractivity contribution in [3.05, 3.63) is 28.7 Å². The van der Waals surface area contributed by atoms with Crippen LogP contribution in [0.2, 0.25) is 0 Å². The van der Waals surface area contributed by atoms with E-state index in [4.69, 9.17) is 6.42 Å². The molecule has 0 fully saturated rings. The molecule has 92 valence electrons. The lowest BCUT2D eigenvalue weighted by atomic mass is 10.2. The molecule has 0 saturated carbocycles. The molecule has 0 radical (unpaired) electrons. The van der Waals surface area contributed by atoms with Gasteiger partial charge in [-0.2, -0.15) is 0 Å². The second kappa shape index (κ2) is 8.63. The summed E-state index contributed by atoms with van der Waals surface area (Å²) in [6, 6.07) is 8.80. The van der Waals surface area contributed by atoms with E-state index in [1.54, 1.807) is 0 Å². The summed E-state index contributed by atoms with van der Waals surface area (Å²) in [5.74, 6) is 3.76. The normalized spacial score (nSPS) is 12.1. The molecule has 0 aromatic heterocycles. The van der Waals surface area contributed by atoms with Crippen molar-refractivity contribution in [3.8, 4) is 12.3 Å². The number of terminal acetylenes is 1. The zero-order chi connectivity index (χ0) is 12.5. The largest absolute Gasteiger partial charge is 0.312 e. The highest BCUT2D eigenvalue weighted by atomic mass is 79.9. The van der Waals surface area contributed by atoms with Crippen LogP contribution in [0.5, 0.6) is 0 Å². The Kier molecular flexibility index (Phi) is 7.43. The number of benzene rings is 1. The maximum Gasteiger partial charge on any atom is 0.0271 e. The van der Waals surface area contributed by atoms with Gasteiger partial charge in [-0.05, 0) is 37.2 Å². The molecule has 1 N–H and O–H groups in total. The number of hydrogen-bond donors (Lipinski definition) is 1. The van der Waals surface area contributed by atoms with Gasteiger partial charge in [0.05, 0.1) is 0 Å². The Morgan fingerprint density at radius 1 is 1.41 bits per heavy atom. The summed E-state index contributed by atoms with van der Waals surface area (Å²) in [4.78, 5) is 1.29. The standard InChI is InChI=1S/C14H18BrNS/c1-3-5-13(16-10-4-2)11-17-14-8-6-12(15)7-9-14/h1,6-9,13,16H,4-5,10-11H2,2H3. The third-order valence-electron chi connectivity index (χ3n) is 2.31. The molecule has 17 heavy (non-hydrogen) atoms. The summed E-state index contributed by atoms with van der Waals surface area (Å²) in [5.41, 5.74) is 0. The summed E-state index contributed by atoms with van der Waals surface area (Å²) in [7, 11) is 0. The first-order valence-corrected chi connectivity index (χ1v) is 7.59. The van der Waals surface area contributed by atoms with Crippen LogP contribution in [0.1, 0.15) is 19.8 Å². The van der Waals surface area contributed by atoms with Crippen molar-refractivity contribution in [3.63, 3.8) is 0 Å². The minimum atomic E-state index is 0.411. The van der Waals surface area contributed by atoms with E-state index in [1.165, 1.54) is 4.90 Å². The molecule has 0 heterocycles. The second-order valence-electron chi connectivity index (χ2n) is 3.82. The Hall–Kier alpha value is -0.430. The fraction of sp³-hybridized carbons (Fsp3) is 0.429. The highest BCUT2D eigenvalue weighted by molar-refractivity contribution is 9.10. The molecule has 0 amide bonds. The molecule has 1 aromatic rings. The Balaban J connectivity index is 2.40. The van der Waals surface area contributed by atoms with Crippen LogP contribution in [0.15, 0.2) is 33.6 Å². The third-order valence-corrected chi connectivity index (χ3v) is 4.02. The van der Waals surface area contributed by atoms with Crippen LogP contribution in [-0.2, 0) is 0 Å². The van der Waals surface area contributed by atoms with Crippen molar-refractivity contribution in [2.75, 3.05) is 12.3 Å². The maximum atomic E-state index is 5.38. The smallest absolute Gasteiger partial charge is 0.0271 e. The molecular formula is C14H18BrNS. The van der Waals surface area contributed by atoms with Crippen LogP contribution >= 0.6 is 27.7 Å². The fourth-order valence-electron chi connectivity index (χ4n) is 1.41. The minimum absolute atomic E-state index is 0.411. The van der Waals surface area contributed by atoms with E-state index in [0.29, 0.717) is 6.04 Å². The Bertz CT molecular complexity index is 355. The average molecular weight is 312 g/mol. The summed E-state index contributed by atoms with van der Waals surface area (Å²) in [6.07, 6.45) is 7.32. The first-order valence-electron chi connectivity index (χ1n) is 5.81. The SMILES string of the molecule is C#CCC(CSc1ccc(Br)cc1)NCCC. The Labute approximate surface area is 117 Å². The highest BCUT2D eigenvalue weighted by Crippen LogP contribution is 2.21. The number of halogens is 1. The van der Waals surface area contributed by atoms with E-state index < -0.39 is 0 Å². The summed E-state index contributed by atoms with van der Waals surface area (Å²) < 4.78 is 1.12. The number of hydrogen-bond acceptors (Lipinski definition) is 2. The number of nitrogens with one attached hydrogen (secondary N) is 1. The van der Waals surface area contributed by atoms with Gasteiger partial charge in [-0.15, -0.1) is 24.1 Å². The molecule has 0 aliphatic carbocycles. The van der Waals surface area contributed by atoms with Gasteiger partial charge in [0.15, 0.2) is 0 Å². The summed E-state index contributed by atoms with van der Waals surface area (Å²) in [6.45, 7) is 3.20. The fourth-order valence-corrected chi connectivity index (χ4v) is 2.63. The van der Waals surface area contributed by atoms with Gasteiger partial charge in [-0.25, -0.2) is 0 Å². The quantitative estimate of drug-likeness (QED) is 0.605. The third kappa shape index (κ3) is 6.16. The van der Waals surface area contributed by atoms with E-state index in [0.717, 1.165) is 29.6 Å². The van der Waals surface area contributed by atoms with Gasteiger partial charge in [0.25, 0.3) is 0 Å². The molecule has 1 atom stereocenters. The van der Waals surface area contributed by atoms with Crippen LogP contribution in [0, 0.1) is 12.3 Å². The molecule has 0 bridgehead atoms. The van der Waals surface area contributed by atoms with Crippen LogP contribution in [0.3, 0.4) is 0 Å². The molecule has 3 heteroatoms. The van der Waals surface area contributed by atoms with Gasteiger partial charge in [0, 0.05) is 27.6 Å². The maximum absolute atomic E-state index is 5.38. The zero-order valence-electron chi connectivity index (χ0n) is 10.1. The van der Waals surface area contributed by atoms with Gasteiger partial charge >= 0.3 is 0 Å². The Morgan fingerprint density at radius 3 is 2.71 bits per heavy atom. The predicted molar refractivity (Wildman–Crippen MR) is 80.4 cm³/mol. The van der Waals surface area contributed by atoms with Crippen molar-refractivity contribution in [1.29, 1.82) is 0 Å². The molecule has 1 unspecified atom stereocenters. The molecule has 0 saturated heterocycles. The first-order chi connectivity index (χ1) is 8.26. The first kappa shape index (κ1) is 14.6. The van der Waals surface area contributed by atoms with Crippen LogP contribution < -0.4 is 5.32 Å². The zero-order valence-corrected chi connectivity index (χ0v) is 12.5. The van der Waals surface area contributed by atoms with Gasteiger partial charge in [-0.3, -0.25) is 0 Å². The lowest BCUT2D eigenvalue weighted by Crippen LogP contribution is -2.31. The monoisotopic (exact) mass is 311 g/mol. The second-order valence-corrected chi connectivity index (χ2v) is 5.83. The van der Waals surface area contributed by atoms with E-state index in [1.807, 2.05) is 11.8 Å². The van der Waals surface area contributed by atoms with Gasteiger partial charge in [0.1, 0.15) is 0 Å². The van der Waals surface area contributed by atoms with Crippen LogP contribution in [0.4, 0.5) is 0 Å². The molecule has 1 aromatic carbocycles. The molecule has 0 spiro atoms. The summed E-state index contributed by atoms with van der Waals surface area (Å²) >= 11 is 5.29. The van der Waals surface area contributed by atoms with Crippen molar-refractivity contribution in [2.45, 2.75) is 30.7 Å². The lowest BCUT2D eigenvalue weighted by molar-refractivity contribution is 0.563. The molecule has 0 aliphatic heterocycles. The summed E-state index contributed by atoms with van der Waals surface area (Å²) in [5, 5.41) is 3.48. The topological polar surface area (TPSA) is 12.0 Å². The van der Waals surface area contributed by atoms with Crippen molar-refractivity contribution in [2.24, 2.45) is 0 Å². The van der Waals surface area contributed by atoms with Gasteiger partial charge in [-0.1, -0.05) is 22.9 Å². The average Bonchev–Trinajstić information content (AvgIpc) is 2.35. The lowest BCUT2D eigenvalue weighted by Gasteiger charge is -2.15. The van der Waals surface area contributed by atoms with Gasteiger partial charge in [0.2, 0.25) is 0 Å². The van der Waals surface area contributed by atoms with E-state index in [9.17, 15) is 0 Å². The Morgan fingerprint density at radius 2 is 2.12 bits per heavy atom. The van der Waals surface area contributed by atoms with E-state index >= 15 is 0 Å². The van der Waals surface area contributed by atoms with Crippen molar-refractivity contribution < 1.29 is 0 Å². The molecular weight excluding hydrogens is 294 g/mol. The molecule has 1 nitrogen and oxygen atoms in total. The van der Waals surface area contributed by atoms with Crippen molar-refractivity contribution in [1.82, 2.24) is 5.32 Å². The predicted octanol–water partition coefficient (Wildman–Crippen LogP) is 3.93. The minimum Gasteiger partial charge on any atom is -0.312 e. The van der Waals surface area contributed by atoms with Crippen LogP contribution in [0.25, 0.3) is 0 Å². The number of rotatable bonds is 7. The van der Waals surface area contributed by atoms with Gasteiger partial charge < -0.3 is 5.32 Å². The number of thioether (sulfide) groups is 1. The van der Waals surface area contributed by atoms with Crippen molar-refractivity contribution >= 4 is 27.7 Å². The van der Waals surface area contributed by atoms with E-state index in [2.05, 4.69) is 58.4 Å². The van der Waals surface area contributed by atoms with Crippen LogP contribution in [-0.4, -0.2) is 18.3 Å².